The SMILES string of the molecule is c1ccc(-c2ccc(-c3cc(-c4ccc(-n5c6ccccc6c6c7sccc7ccc65)cc4)nc(-c4ccccc4)n3)cc2)cc1.c1ccc(-c2ccc(-c3cc(-c4ccccc4)nc(-c4ccc(-n5c6ccccc6c6c7sccc7ccc65)cc4)c3)cc2)cc1.c1ccc(-c2ccc(-c3cc(-c4ccccc4)nc(-c4ccc(-n5c6ccccc6c6c7sccc7ccc65)cc4)n3)cc2)cc1. The van der Waals surface area contributed by atoms with Gasteiger partial charge < -0.3 is 13.7 Å². The summed E-state index contributed by atoms with van der Waals surface area (Å²) in [4.78, 5) is 25.5. The fourth-order valence-electron chi connectivity index (χ4n) is 19.5. The van der Waals surface area contributed by atoms with E-state index in [2.05, 4.69) is 467 Å². The minimum Gasteiger partial charge on any atom is -0.309 e. The number of nitrogens with zero attached hydrogens (tertiary/aromatic N) is 8. The summed E-state index contributed by atoms with van der Waals surface area (Å²) in [7, 11) is 0. The summed E-state index contributed by atoms with van der Waals surface area (Å²) in [5, 5.41) is 18.2. The molecule has 0 N–H and O–H groups in total. The van der Waals surface area contributed by atoms with Crippen LogP contribution in [-0.4, -0.2) is 38.6 Å². The maximum absolute atomic E-state index is 5.18. The lowest BCUT2D eigenvalue weighted by Gasteiger charge is -2.12. The number of aromatic nitrogens is 8. The molecule has 9 aromatic heterocycles. The lowest BCUT2D eigenvalue weighted by Crippen LogP contribution is -1.97. The normalized spacial score (nSPS) is 11.5. The molecule has 648 valence electrons. The van der Waals surface area contributed by atoms with Crippen LogP contribution >= 0.6 is 34.0 Å². The molecule has 0 aliphatic carbocycles. The van der Waals surface area contributed by atoms with Crippen molar-refractivity contribution in [2.75, 3.05) is 0 Å². The zero-order valence-corrected chi connectivity index (χ0v) is 77.1. The smallest absolute Gasteiger partial charge is 0.160 e. The standard InChI is InChI=1S/C43H28N2S.2C42H27N3S/c1-3-9-29(10-4-1)30-15-17-31(18-16-30)35-27-38(32-11-5-2-6-12-32)44-39(28-35)33-19-22-36(23-20-33)45-40-14-8-7-13-37(40)42-41(45)24-21-34-25-26-46-43(34)42;1-3-9-28(10-4-1)29-15-17-30(18-16-29)36-27-37(44-42(43-36)33-11-5-2-6-12-33)31-19-22-34(23-20-31)45-38-14-8-7-13-35(38)40-39(45)24-21-32-25-26-46-41(32)40;1-3-9-28(10-4-1)29-15-17-31(18-16-29)37-27-36(30-11-5-2-6-12-30)43-42(44-37)33-19-22-34(23-20-33)45-38-14-8-7-13-35(38)40-39(45)24-21-32-25-26-46-41(32)40/h1-28H;2*1-27H. The molecule has 0 fully saturated rings. The van der Waals surface area contributed by atoms with Crippen molar-refractivity contribution in [3.63, 3.8) is 0 Å². The summed E-state index contributed by atoms with van der Waals surface area (Å²) >= 11 is 5.44. The number of hydrogen-bond donors (Lipinski definition) is 0. The number of thiophene rings is 3. The molecule has 27 rings (SSSR count). The van der Waals surface area contributed by atoms with E-state index >= 15 is 0 Å². The van der Waals surface area contributed by atoms with Crippen LogP contribution in [-0.2, 0) is 0 Å². The summed E-state index contributed by atoms with van der Waals surface area (Å²) in [6.45, 7) is 0. The van der Waals surface area contributed by atoms with Crippen LogP contribution in [0.15, 0.2) is 495 Å². The Morgan fingerprint density at radius 3 is 0.674 bits per heavy atom. The monoisotopic (exact) mass is 1810 g/mol. The van der Waals surface area contributed by atoms with Gasteiger partial charge in [-0.3, -0.25) is 0 Å². The van der Waals surface area contributed by atoms with Crippen molar-refractivity contribution >= 4 is 130 Å². The Balaban J connectivity index is 0.000000110. The molecule has 27 aromatic rings. The quantitative estimate of drug-likeness (QED) is 0.102. The van der Waals surface area contributed by atoms with Crippen LogP contribution < -0.4 is 0 Å². The van der Waals surface area contributed by atoms with E-state index in [-0.39, 0.29) is 0 Å². The predicted molar refractivity (Wildman–Crippen MR) is 583 cm³/mol. The first-order chi connectivity index (χ1) is 68.4. The van der Waals surface area contributed by atoms with E-state index in [9.17, 15) is 0 Å². The van der Waals surface area contributed by atoms with E-state index in [4.69, 9.17) is 24.9 Å². The number of para-hydroxylation sites is 3. The lowest BCUT2D eigenvalue weighted by molar-refractivity contribution is 1.16. The Morgan fingerprint density at radius 1 is 0.152 bits per heavy atom. The van der Waals surface area contributed by atoms with Gasteiger partial charge in [0.25, 0.3) is 0 Å². The molecule has 11 heteroatoms. The van der Waals surface area contributed by atoms with Gasteiger partial charge in [-0.25, -0.2) is 24.9 Å². The molecule has 8 nitrogen and oxygen atoms in total. The van der Waals surface area contributed by atoms with Crippen molar-refractivity contribution in [1.82, 2.24) is 38.6 Å². The highest BCUT2D eigenvalue weighted by Gasteiger charge is 2.23. The Labute approximate surface area is 809 Å². The molecule has 138 heavy (non-hydrogen) atoms. The summed E-state index contributed by atoms with van der Waals surface area (Å²) in [5.41, 5.74) is 34.1. The molecular weight excluding hydrogens is 1730 g/mol. The van der Waals surface area contributed by atoms with Gasteiger partial charge >= 0.3 is 0 Å². The third kappa shape index (κ3) is 15.6. The molecule has 0 aliphatic heterocycles. The van der Waals surface area contributed by atoms with Gasteiger partial charge in [0.2, 0.25) is 0 Å². The maximum Gasteiger partial charge on any atom is 0.160 e. The van der Waals surface area contributed by atoms with Crippen LogP contribution in [0.25, 0.3) is 248 Å². The third-order valence-corrected chi connectivity index (χ3v) is 29.2. The average molecular weight is 1820 g/mol. The molecule has 9 heterocycles. The van der Waals surface area contributed by atoms with E-state index in [1.165, 1.54) is 135 Å². The third-order valence-electron chi connectivity index (χ3n) is 26.3. The van der Waals surface area contributed by atoms with Crippen LogP contribution in [0.1, 0.15) is 0 Å². The van der Waals surface area contributed by atoms with Crippen LogP contribution in [0.5, 0.6) is 0 Å². The molecule has 18 aromatic carbocycles. The number of pyridine rings is 1. The summed E-state index contributed by atoms with van der Waals surface area (Å²) in [6.07, 6.45) is 0. The lowest BCUT2D eigenvalue weighted by atomic mass is 9.97. The molecule has 0 atom stereocenters. The molecule has 0 bridgehead atoms. The van der Waals surface area contributed by atoms with E-state index in [1.807, 2.05) is 76.5 Å². The predicted octanol–water partition coefficient (Wildman–Crippen LogP) is 35.0. The summed E-state index contributed by atoms with van der Waals surface area (Å²) in [6, 6.07) is 170. The van der Waals surface area contributed by atoms with E-state index in [0.29, 0.717) is 11.6 Å². The van der Waals surface area contributed by atoms with Gasteiger partial charge in [-0.1, -0.05) is 352 Å². The van der Waals surface area contributed by atoms with Crippen molar-refractivity contribution in [2.45, 2.75) is 0 Å². The molecule has 0 saturated heterocycles. The van der Waals surface area contributed by atoms with Crippen molar-refractivity contribution in [1.29, 1.82) is 0 Å². The van der Waals surface area contributed by atoms with Crippen LogP contribution in [0.2, 0.25) is 0 Å². The zero-order chi connectivity index (χ0) is 91.4. The molecule has 0 spiro atoms. The van der Waals surface area contributed by atoms with Crippen molar-refractivity contribution in [2.24, 2.45) is 0 Å². The number of fused-ring (bicyclic) bond motifs is 15. The van der Waals surface area contributed by atoms with Gasteiger partial charge in [0.1, 0.15) is 0 Å². The fourth-order valence-corrected chi connectivity index (χ4v) is 22.4. The zero-order valence-electron chi connectivity index (χ0n) is 74.6. The maximum atomic E-state index is 5.18. The Morgan fingerprint density at radius 2 is 0.370 bits per heavy atom. The molecule has 0 aliphatic rings. The second-order valence-corrected chi connectivity index (χ2v) is 37.3. The van der Waals surface area contributed by atoms with Crippen molar-refractivity contribution in [3.05, 3.63) is 495 Å². The van der Waals surface area contributed by atoms with Gasteiger partial charge in [0.15, 0.2) is 11.6 Å². The molecule has 0 unspecified atom stereocenters. The van der Waals surface area contributed by atoms with Crippen LogP contribution in [0.3, 0.4) is 0 Å². The number of rotatable bonds is 15. The Kier molecular flexibility index (Phi) is 21.4. The second kappa shape index (κ2) is 35.8. The first kappa shape index (κ1) is 82.5. The molecule has 0 radical (unpaired) electrons. The van der Waals surface area contributed by atoms with E-state index in [0.717, 1.165) is 101 Å². The minimum atomic E-state index is 0.706. The highest BCUT2D eigenvalue weighted by molar-refractivity contribution is 7.19. The topological polar surface area (TPSA) is 79.2 Å². The van der Waals surface area contributed by atoms with Gasteiger partial charge in [0.05, 0.1) is 67.3 Å². The van der Waals surface area contributed by atoms with Crippen LogP contribution in [0, 0.1) is 0 Å². The highest BCUT2D eigenvalue weighted by Crippen LogP contribution is 2.45. The second-order valence-electron chi connectivity index (χ2n) is 34.6. The molecular formula is C127H82N8S3. The van der Waals surface area contributed by atoms with Gasteiger partial charge in [-0.2, -0.15) is 0 Å². The Bertz CT molecular complexity index is 8320. The first-order valence-electron chi connectivity index (χ1n) is 46.3. The first-order valence-corrected chi connectivity index (χ1v) is 49.0. The number of hydrogen-bond acceptors (Lipinski definition) is 8. The fraction of sp³-hybridized carbons (Fsp3) is 0. The minimum absolute atomic E-state index is 0.706. The summed E-state index contributed by atoms with van der Waals surface area (Å²) in [5.74, 6) is 1.42. The average Bonchev–Trinajstić information content (AvgIpc) is 1.58. The van der Waals surface area contributed by atoms with Gasteiger partial charge in [-0.15, -0.1) is 34.0 Å². The number of benzene rings is 18. The van der Waals surface area contributed by atoms with Gasteiger partial charge in [0, 0.05) is 108 Å². The Hall–Kier alpha value is -17.5. The highest BCUT2D eigenvalue weighted by atomic mass is 32.1. The van der Waals surface area contributed by atoms with Crippen molar-refractivity contribution in [3.8, 4) is 152 Å². The summed E-state index contributed by atoms with van der Waals surface area (Å²) < 4.78 is 11.1. The van der Waals surface area contributed by atoms with E-state index < -0.39 is 0 Å². The molecule has 0 saturated carbocycles. The van der Waals surface area contributed by atoms with Gasteiger partial charge in [-0.05, 0) is 204 Å². The van der Waals surface area contributed by atoms with E-state index in [1.54, 1.807) is 0 Å². The van der Waals surface area contributed by atoms with Crippen LogP contribution in [0.4, 0.5) is 0 Å². The molecule has 0 amide bonds. The van der Waals surface area contributed by atoms with Crippen molar-refractivity contribution < 1.29 is 0 Å². The largest absolute Gasteiger partial charge is 0.309 e.